The van der Waals surface area contributed by atoms with Crippen LogP contribution in [0.3, 0.4) is 0 Å². The van der Waals surface area contributed by atoms with Crippen LogP contribution in [0.5, 0.6) is 0 Å². The largest absolute Gasteiger partial charge is 0.347 e. The molecule has 1 saturated heterocycles. The van der Waals surface area contributed by atoms with Gasteiger partial charge in [0.1, 0.15) is 5.82 Å². The number of nitrogens with zero attached hydrogens (tertiary/aromatic N) is 6. The number of halogens is 1. The highest BCUT2D eigenvalue weighted by molar-refractivity contribution is 14.0. The number of aliphatic imine (C=N–C) groups is 1. The first kappa shape index (κ1) is 22.7. The van der Waals surface area contributed by atoms with Crippen molar-refractivity contribution in [2.75, 3.05) is 56.1 Å². The molecule has 0 radical (unpaired) electrons. The fraction of sp³-hybridized carbons (Fsp3) is 0.500. The zero-order valence-corrected chi connectivity index (χ0v) is 20.5. The van der Waals surface area contributed by atoms with Crippen molar-refractivity contribution in [2.45, 2.75) is 19.8 Å². The number of para-hydroxylation sites is 1. The van der Waals surface area contributed by atoms with Gasteiger partial charge in [0.25, 0.3) is 0 Å². The van der Waals surface area contributed by atoms with Crippen LogP contribution in [0.4, 0.5) is 10.8 Å². The highest BCUT2D eigenvalue weighted by Gasteiger charge is 2.26. The summed E-state index contributed by atoms with van der Waals surface area (Å²) >= 11 is 1.47. The molecule has 3 heterocycles. The summed E-state index contributed by atoms with van der Waals surface area (Å²) in [5.41, 5.74) is 2.27. The fourth-order valence-corrected chi connectivity index (χ4v) is 4.61. The Bertz CT molecular complexity index is 895. The van der Waals surface area contributed by atoms with Crippen molar-refractivity contribution in [1.82, 2.24) is 19.6 Å². The minimum atomic E-state index is 0. The maximum Gasteiger partial charge on any atom is 0.246 e. The molecule has 0 unspecified atom stereocenters. The highest BCUT2D eigenvalue weighted by Crippen LogP contribution is 2.27. The summed E-state index contributed by atoms with van der Waals surface area (Å²) in [6.45, 7) is 6.47. The average molecular weight is 541 g/mol. The Morgan fingerprint density at radius 2 is 1.97 bits per heavy atom. The minimum absolute atomic E-state index is 0. The van der Waals surface area contributed by atoms with Crippen molar-refractivity contribution in [1.29, 1.82) is 0 Å². The minimum Gasteiger partial charge on any atom is -0.347 e. The van der Waals surface area contributed by atoms with Crippen molar-refractivity contribution in [3.05, 3.63) is 35.7 Å². The van der Waals surface area contributed by atoms with Crippen molar-refractivity contribution in [2.24, 2.45) is 4.99 Å². The van der Waals surface area contributed by atoms with Crippen LogP contribution in [0.25, 0.3) is 0 Å². The van der Waals surface area contributed by atoms with Gasteiger partial charge in [-0.1, -0.05) is 25.1 Å². The summed E-state index contributed by atoms with van der Waals surface area (Å²) in [4.78, 5) is 28.1. The molecule has 4 rings (SSSR count). The summed E-state index contributed by atoms with van der Waals surface area (Å²) in [6, 6.07) is 8.12. The number of hydrogen-bond acceptors (Lipinski definition) is 6. The third-order valence-electron chi connectivity index (χ3n) is 5.42. The van der Waals surface area contributed by atoms with Crippen molar-refractivity contribution >= 4 is 58.2 Å². The number of benzene rings is 1. The number of carbonyl (C=O) groups is 1. The van der Waals surface area contributed by atoms with E-state index in [-0.39, 0.29) is 36.4 Å². The number of fused-ring (bicyclic) bond motifs is 1. The number of rotatable bonds is 4. The van der Waals surface area contributed by atoms with E-state index in [2.05, 4.69) is 42.5 Å². The van der Waals surface area contributed by atoms with Crippen LogP contribution in [0, 0.1) is 0 Å². The molecular formula is C20H28IN7OS. The topological polar surface area (TPSA) is 77.0 Å². The van der Waals surface area contributed by atoms with E-state index in [0.717, 1.165) is 68.2 Å². The Hall–Kier alpha value is -1.95. The third kappa shape index (κ3) is 4.85. The number of nitrogens with one attached hydrogen (secondary N) is 1. The van der Waals surface area contributed by atoms with E-state index in [1.807, 2.05) is 23.1 Å². The number of aryl methyl sites for hydroxylation is 1. The second-order valence-corrected chi connectivity index (χ2v) is 7.88. The molecule has 1 amide bonds. The molecule has 10 heteroatoms. The van der Waals surface area contributed by atoms with Gasteiger partial charge in [-0.05, 0) is 18.1 Å². The fourth-order valence-electron chi connectivity index (χ4n) is 3.81. The summed E-state index contributed by atoms with van der Waals surface area (Å²) in [5, 5.41) is 4.25. The maximum absolute atomic E-state index is 12.7. The molecule has 2 aliphatic rings. The molecular weight excluding hydrogens is 513 g/mol. The molecule has 1 fully saturated rings. The lowest BCUT2D eigenvalue weighted by atomic mass is 10.2. The maximum atomic E-state index is 12.7. The monoisotopic (exact) mass is 541 g/mol. The molecule has 1 N–H and O–H groups in total. The first-order valence-corrected chi connectivity index (χ1v) is 10.9. The Morgan fingerprint density at radius 1 is 1.20 bits per heavy atom. The molecule has 0 saturated carbocycles. The molecule has 0 bridgehead atoms. The molecule has 162 valence electrons. The van der Waals surface area contributed by atoms with Crippen molar-refractivity contribution < 1.29 is 4.79 Å². The quantitative estimate of drug-likeness (QED) is 0.363. The van der Waals surface area contributed by atoms with Gasteiger partial charge in [0.2, 0.25) is 11.0 Å². The van der Waals surface area contributed by atoms with E-state index >= 15 is 0 Å². The molecule has 30 heavy (non-hydrogen) atoms. The van der Waals surface area contributed by atoms with Gasteiger partial charge in [-0.25, -0.2) is 4.98 Å². The highest BCUT2D eigenvalue weighted by atomic mass is 127. The van der Waals surface area contributed by atoms with E-state index in [1.165, 1.54) is 17.1 Å². The first-order valence-electron chi connectivity index (χ1n) is 10.1. The van der Waals surface area contributed by atoms with E-state index in [9.17, 15) is 4.79 Å². The molecule has 8 nitrogen and oxygen atoms in total. The summed E-state index contributed by atoms with van der Waals surface area (Å²) < 4.78 is 4.38. The second kappa shape index (κ2) is 10.4. The number of piperazine rings is 1. The van der Waals surface area contributed by atoms with Crippen LogP contribution >= 0.6 is 35.5 Å². The zero-order valence-electron chi connectivity index (χ0n) is 17.4. The van der Waals surface area contributed by atoms with Gasteiger partial charge in [0, 0.05) is 63.4 Å². The van der Waals surface area contributed by atoms with Crippen LogP contribution < -0.4 is 15.1 Å². The van der Waals surface area contributed by atoms with Crippen molar-refractivity contribution in [3.8, 4) is 0 Å². The molecule has 0 aliphatic carbocycles. The number of hydrogen-bond donors (Lipinski definition) is 1. The lowest BCUT2D eigenvalue weighted by molar-refractivity contribution is -0.117. The van der Waals surface area contributed by atoms with Gasteiger partial charge in [0.05, 0.1) is 6.54 Å². The summed E-state index contributed by atoms with van der Waals surface area (Å²) in [7, 11) is 1.77. The van der Waals surface area contributed by atoms with Crippen LogP contribution in [-0.2, 0) is 17.6 Å². The van der Waals surface area contributed by atoms with Crippen LogP contribution in [0.15, 0.2) is 29.3 Å². The van der Waals surface area contributed by atoms with E-state index in [0.29, 0.717) is 0 Å². The second-order valence-electron chi connectivity index (χ2n) is 7.15. The number of amides is 1. The summed E-state index contributed by atoms with van der Waals surface area (Å²) in [5.74, 6) is 1.76. The van der Waals surface area contributed by atoms with Gasteiger partial charge < -0.3 is 20.0 Å². The van der Waals surface area contributed by atoms with E-state index in [4.69, 9.17) is 0 Å². The van der Waals surface area contributed by atoms with Crippen LogP contribution in [-0.4, -0.2) is 72.4 Å². The normalized spacial score (nSPS) is 16.3. The predicted molar refractivity (Wildman–Crippen MR) is 132 cm³/mol. The van der Waals surface area contributed by atoms with Gasteiger partial charge in [-0.2, -0.15) is 4.37 Å². The Morgan fingerprint density at radius 3 is 2.67 bits per heavy atom. The first-order chi connectivity index (χ1) is 14.2. The van der Waals surface area contributed by atoms with E-state index < -0.39 is 0 Å². The molecule has 2 aromatic rings. The van der Waals surface area contributed by atoms with Crippen LogP contribution in [0.2, 0.25) is 0 Å². The number of guanidine groups is 1. The van der Waals surface area contributed by atoms with Crippen molar-refractivity contribution in [3.63, 3.8) is 0 Å². The smallest absolute Gasteiger partial charge is 0.246 e. The third-order valence-corrected chi connectivity index (χ3v) is 6.24. The molecule has 1 aromatic carbocycles. The Kier molecular flexibility index (Phi) is 7.87. The lowest BCUT2D eigenvalue weighted by Gasteiger charge is -2.36. The molecule has 0 spiro atoms. The Labute approximate surface area is 198 Å². The zero-order chi connectivity index (χ0) is 20.2. The molecule has 2 aliphatic heterocycles. The number of anilines is 2. The van der Waals surface area contributed by atoms with Gasteiger partial charge >= 0.3 is 0 Å². The number of carbonyl (C=O) groups excluding carboxylic acids is 1. The van der Waals surface area contributed by atoms with Gasteiger partial charge in [0.15, 0.2) is 5.96 Å². The standard InChI is InChI=1S/C20H27N7OS.HI/c1-3-17-23-20(29-24-17)26-12-10-25(11-13-26)19(21-2)22-14-18(28)27-9-8-15-6-4-5-7-16(15)27;/h4-7H,3,8-14H2,1-2H3,(H,21,22);1H. The van der Waals surface area contributed by atoms with E-state index in [1.54, 1.807) is 7.05 Å². The predicted octanol–water partition coefficient (Wildman–Crippen LogP) is 2.01. The SMILES string of the molecule is CCc1nsc(N2CCN(C(=NC)NCC(=O)N3CCc4ccccc43)CC2)n1.I. The Balaban J connectivity index is 0.00000256. The average Bonchev–Trinajstić information content (AvgIpc) is 3.42. The molecule has 1 aromatic heterocycles. The molecule has 0 atom stereocenters. The van der Waals surface area contributed by atoms with Gasteiger partial charge in [-0.3, -0.25) is 9.79 Å². The summed E-state index contributed by atoms with van der Waals surface area (Å²) in [6.07, 6.45) is 1.78. The van der Waals surface area contributed by atoms with Gasteiger partial charge in [-0.15, -0.1) is 24.0 Å². The lowest BCUT2D eigenvalue weighted by Crippen LogP contribution is -2.54. The van der Waals surface area contributed by atoms with Crippen LogP contribution in [0.1, 0.15) is 18.3 Å². The number of aromatic nitrogens is 2.